The van der Waals surface area contributed by atoms with Crippen molar-refractivity contribution >= 4 is 0 Å². The van der Waals surface area contributed by atoms with Gasteiger partial charge in [-0.3, -0.25) is 0 Å². The molecule has 0 aromatic carbocycles. The molecule has 0 heterocycles. The van der Waals surface area contributed by atoms with Crippen LogP contribution in [0.15, 0.2) is 47.1 Å². The smallest absolute Gasteiger partial charge is 0.0104 e. The Balaban J connectivity index is 2.54. The molecular weight excluding hydrogens is 264 g/mol. The summed E-state index contributed by atoms with van der Waals surface area (Å²) in [5, 5.41) is 0. The Morgan fingerprint density at radius 1 is 1.27 bits per heavy atom. The van der Waals surface area contributed by atoms with E-state index in [9.17, 15) is 0 Å². The quantitative estimate of drug-likeness (QED) is 0.339. The molecule has 0 aliphatic heterocycles. The second-order valence-electron chi connectivity index (χ2n) is 7.93. The summed E-state index contributed by atoms with van der Waals surface area (Å²) in [5.74, 6) is 0.823. The summed E-state index contributed by atoms with van der Waals surface area (Å²) in [6.45, 7) is 13.8. The van der Waals surface area contributed by atoms with Gasteiger partial charge in [0.05, 0.1) is 0 Å². The van der Waals surface area contributed by atoms with E-state index in [-0.39, 0.29) is 0 Å². The molecule has 0 unspecified atom stereocenters. The molecule has 1 aliphatic rings. The summed E-state index contributed by atoms with van der Waals surface area (Å²) in [6.07, 6.45) is 19.1. The first-order valence-electron chi connectivity index (χ1n) is 9.04. The van der Waals surface area contributed by atoms with Crippen LogP contribution in [-0.4, -0.2) is 0 Å². The Hall–Kier alpha value is -1.04. The zero-order chi connectivity index (χ0) is 16.6. The summed E-state index contributed by atoms with van der Waals surface area (Å²) in [4.78, 5) is 0. The molecule has 0 bridgehead atoms. The number of hydrogen-bond acceptors (Lipinski definition) is 0. The van der Waals surface area contributed by atoms with Crippen LogP contribution >= 0.6 is 0 Å². The van der Waals surface area contributed by atoms with Gasteiger partial charge in [0.25, 0.3) is 0 Å². The molecule has 0 heteroatoms. The lowest BCUT2D eigenvalue weighted by Gasteiger charge is -2.32. The van der Waals surface area contributed by atoms with Gasteiger partial charge < -0.3 is 0 Å². The van der Waals surface area contributed by atoms with Crippen molar-refractivity contribution in [3.05, 3.63) is 47.1 Å². The Morgan fingerprint density at radius 2 is 2.00 bits per heavy atom. The standard InChI is InChI=1S/C22H36/c1-18(2)12-9-7-8-10-13-19(3)15-16-21-20(4)14-11-17-22(21,5)6/h8,10,13,15-16,18H,7,9,11-12,14,17H2,1-6H3/b10-8+,16-15+,19-13+. The molecule has 0 aromatic rings. The second-order valence-corrected chi connectivity index (χ2v) is 7.93. The van der Waals surface area contributed by atoms with Gasteiger partial charge in [-0.1, -0.05) is 75.6 Å². The predicted molar refractivity (Wildman–Crippen MR) is 101 cm³/mol. The van der Waals surface area contributed by atoms with Crippen LogP contribution < -0.4 is 0 Å². The van der Waals surface area contributed by atoms with Gasteiger partial charge in [-0.2, -0.15) is 0 Å². The molecule has 0 nitrogen and oxygen atoms in total. The first-order chi connectivity index (χ1) is 10.3. The van der Waals surface area contributed by atoms with Gasteiger partial charge in [0.15, 0.2) is 0 Å². The number of rotatable bonds is 7. The molecule has 0 N–H and O–H groups in total. The highest BCUT2D eigenvalue weighted by atomic mass is 14.3. The van der Waals surface area contributed by atoms with Gasteiger partial charge in [-0.15, -0.1) is 0 Å². The molecule has 1 rings (SSSR count). The second kappa shape index (κ2) is 9.18. The van der Waals surface area contributed by atoms with Gasteiger partial charge in [-0.05, 0) is 62.9 Å². The average Bonchev–Trinajstić information content (AvgIpc) is 2.41. The van der Waals surface area contributed by atoms with Crippen molar-refractivity contribution in [2.24, 2.45) is 11.3 Å². The minimum atomic E-state index is 0.339. The maximum Gasteiger partial charge on any atom is -0.0104 e. The van der Waals surface area contributed by atoms with Crippen LogP contribution in [-0.2, 0) is 0 Å². The predicted octanol–water partition coefficient (Wildman–Crippen LogP) is 7.40. The van der Waals surface area contributed by atoms with Gasteiger partial charge in [0.2, 0.25) is 0 Å². The summed E-state index contributed by atoms with van der Waals surface area (Å²) in [7, 11) is 0. The van der Waals surface area contributed by atoms with E-state index in [0.29, 0.717) is 5.41 Å². The molecule has 0 saturated heterocycles. The maximum absolute atomic E-state index is 2.38. The van der Waals surface area contributed by atoms with E-state index in [2.05, 4.69) is 71.9 Å². The molecule has 0 fully saturated rings. The lowest BCUT2D eigenvalue weighted by atomic mass is 9.72. The Bertz CT molecular complexity index is 452. The topological polar surface area (TPSA) is 0 Å². The normalized spacial score (nSPS) is 19.9. The van der Waals surface area contributed by atoms with Gasteiger partial charge in [0, 0.05) is 0 Å². The lowest BCUT2D eigenvalue weighted by molar-refractivity contribution is 0.377. The highest BCUT2D eigenvalue weighted by Crippen LogP contribution is 2.40. The van der Waals surface area contributed by atoms with E-state index >= 15 is 0 Å². The van der Waals surface area contributed by atoms with Crippen molar-refractivity contribution in [2.45, 2.75) is 80.1 Å². The van der Waals surface area contributed by atoms with Crippen molar-refractivity contribution in [1.82, 2.24) is 0 Å². The van der Waals surface area contributed by atoms with E-state index in [0.717, 1.165) is 5.92 Å². The largest absolute Gasteiger partial charge is 0.0845 e. The summed E-state index contributed by atoms with van der Waals surface area (Å²) >= 11 is 0. The number of hydrogen-bond donors (Lipinski definition) is 0. The zero-order valence-corrected chi connectivity index (χ0v) is 15.7. The summed E-state index contributed by atoms with van der Waals surface area (Å²) < 4.78 is 0. The van der Waals surface area contributed by atoms with E-state index in [4.69, 9.17) is 0 Å². The number of allylic oxidation sites excluding steroid dienone is 8. The van der Waals surface area contributed by atoms with Crippen molar-refractivity contribution in [1.29, 1.82) is 0 Å². The Kier molecular flexibility index (Phi) is 7.93. The fourth-order valence-electron chi connectivity index (χ4n) is 3.24. The molecule has 0 aromatic heterocycles. The first kappa shape index (κ1) is 19.0. The fraction of sp³-hybridized carbons (Fsp3) is 0.636. The molecular formula is C22H36. The van der Waals surface area contributed by atoms with E-state index in [1.54, 1.807) is 11.1 Å². The van der Waals surface area contributed by atoms with Gasteiger partial charge >= 0.3 is 0 Å². The van der Waals surface area contributed by atoms with Crippen molar-refractivity contribution < 1.29 is 0 Å². The molecule has 0 amide bonds. The van der Waals surface area contributed by atoms with E-state index in [1.807, 2.05) is 0 Å². The van der Waals surface area contributed by atoms with Crippen LogP contribution in [0.4, 0.5) is 0 Å². The van der Waals surface area contributed by atoms with Crippen LogP contribution in [0, 0.1) is 11.3 Å². The van der Waals surface area contributed by atoms with Crippen LogP contribution in [0.5, 0.6) is 0 Å². The minimum Gasteiger partial charge on any atom is -0.0845 e. The van der Waals surface area contributed by atoms with Gasteiger partial charge in [0.1, 0.15) is 0 Å². The molecule has 22 heavy (non-hydrogen) atoms. The van der Waals surface area contributed by atoms with E-state index < -0.39 is 0 Å². The third kappa shape index (κ3) is 6.81. The monoisotopic (exact) mass is 300 g/mol. The van der Waals surface area contributed by atoms with Crippen molar-refractivity contribution in [3.63, 3.8) is 0 Å². The minimum absolute atomic E-state index is 0.339. The Morgan fingerprint density at radius 3 is 2.64 bits per heavy atom. The summed E-state index contributed by atoms with van der Waals surface area (Å²) in [6, 6.07) is 0. The van der Waals surface area contributed by atoms with Crippen LogP contribution in [0.3, 0.4) is 0 Å². The molecule has 0 saturated carbocycles. The van der Waals surface area contributed by atoms with E-state index in [1.165, 1.54) is 44.1 Å². The van der Waals surface area contributed by atoms with Crippen LogP contribution in [0.1, 0.15) is 80.1 Å². The number of unbranched alkanes of at least 4 members (excludes halogenated alkanes) is 1. The maximum atomic E-state index is 2.38. The zero-order valence-electron chi connectivity index (χ0n) is 15.7. The first-order valence-corrected chi connectivity index (χ1v) is 9.04. The molecule has 1 aliphatic carbocycles. The molecule has 0 atom stereocenters. The molecule has 124 valence electrons. The Labute approximate surface area is 139 Å². The molecule has 0 radical (unpaired) electrons. The van der Waals surface area contributed by atoms with Crippen LogP contribution in [0.2, 0.25) is 0 Å². The lowest BCUT2D eigenvalue weighted by Crippen LogP contribution is -2.19. The van der Waals surface area contributed by atoms with Crippen molar-refractivity contribution in [2.75, 3.05) is 0 Å². The van der Waals surface area contributed by atoms with Crippen LogP contribution in [0.25, 0.3) is 0 Å². The summed E-state index contributed by atoms with van der Waals surface area (Å²) in [5.41, 5.74) is 4.80. The molecule has 0 spiro atoms. The fourth-order valence-corrected chi connectivity index (χ4v) is 3.24. The van der Waals surface area contributed by atoms with Gasteiger partial charge in [-0.25, -0.2) is 0 Å². The SMILES string of the molecule is CC1=C(/C=C/C(C)=C/C=C/CCCC(C)C)C(C)(C)CCC1. The third-order valence-electron chi connectivity index (χ3n) is 4.70. The average molecular weight is 301 g/mol. The van der Waals surface area contributed by atoms with Crippen molar-refractivity contribution in [3.8, 4) is 0 Å². The third-order valence-corrected chi connectivity index (χ3v) is 4.70. The highest BCUT2D eigenvalue weighted by Gasteiger charge is 2.26. The highest BCUT2D eigenvalue weighted by molar-refractivity contribution is 5.36.